The standard InChI is InChI=1S/C15H16N2O3/c1-20-14-5-4-12(11-9-16-7-6-10(11)14)17-8-2-3-13(17)15(18)19/h4-7,9,13H,2-3,8H2,1H3,(H,18,19). The van der Waals surface area contributed by atoms with Crippen molar-refractivity contribution in [3.05, 3.63) is 30.6 Å². The molecule has 1 N–H and O–H groups in total. The number of ether oxygens (including phenoxy) is 1. The number of aromatic nitrogens is 1. The van der Waals surface area contributed by atoms with Crippen LogP contribution in [0.2, 0.25) is 0 Å². The van der Waals surface area contributed by atoms with E-state index in [1.165, 1.54) is 0 Å². The van der Waals surface area contributed by atoms with Gasteiger partial charge in [-0.25, -0.2) is 4.79 Å². The number of anilines is 1. The number of rotatable bonds is 3. The zero-order valence-corrected chi connectivity index (χ0v) is 11.2. The average molecular weight is 272 g/mol. The summed E-state index contributed by atoms with van der Waals surface area (Å²) in [7, 11) is 1.63. The van der Waals surface area contributed by atoms with Crippen LogP contribution in [0.25, 0.3) is 10.8 Å². The Morgan fingerprint density at radius 1 is 1.40 bits per heavy atom. The molecule has 1 unspecified atom stereocenters. The molecule has 0 radical (unpaired) electrons. The Hall–Kier alpha value is -2.30. The summed E-state index contributed by atoms with van der Waals surface area (Å²) in [4.78, 5) is 17.5. The largest absolute Gasteiger partial charge is 0.496 e. The minimum absolute atomic E-state index is 0.452. The van der Waals surface area contributed by atoms with Crippen molar-refractivity contribution < 1.29 is 14.6 Å². The number of nitrogens with zero attached hydrogens (tertiary/aromatic N) is 2. The molecule has 104 valence electrons. The van der Waals surface area contributed by atoms with Crippen LogP contribution in [0.1, 0.15) is 12.8 Å². The number of aliphatic carboxylic acids is 1. The van der Waals surface area contributed by atoms with E-state index in [4.69, 9.17) is 4.74 Å². The number of pyridine rings is 1. The third kappa shape index (κ3) is 1.95. The number of carboxylic acid groups (broad SMARTS) is 1. The van der Waals surface area contributed by atoms with Crippen LogP contribution >= 0.6 is 0 Å². The van der Waals surface area contributed by atoms with E-state index in [0.717, 1.165) is 35.2 Å². The molecule has 2 aromatic rings. The van der Waals surface area contributed by atoms with Gasteiger partial charge in [0, 0.05) is 35.4 Å². The zero-order valence-electron chi connectivity index (χ0n) is 11.2. The van der Waals surface area contributed by atoms with E-state index in [1.54, 1.807) is 19.5 Å². The summed E-state index contributed by atoms with van der Waals surface area (Å²) in [6, 6.07) is 5.24. The van der Waals surface area contributed by atoms with Gasteiger partial charge < -0.3 is 14.7 Å². The summed E-state index contributed by atoms with van der Waals surface area (Å²) in [5.41, 5.74) is 0.916. The van der Waals surface area contributed by atoms with Gasteiger partial charge in [-0.2, -0.15) is 0 Å². The fraction of sp³-hybridized carbons (Fsp3) is 0.333. The van der Waals surface area contributed by atoms with E-state index in [2.05, 4.69) is 4.98 Å². The van der Waals surface area contributed by atoms with Gasteiger partial charge in [0.05, 0.1) is 7.11 Å². The maximum absolute atomic E-state index is 11.4. The topological polar surface area (TPSA) is 62.7 Å². The van der Waals surface area contributed by atoms with Gasteiger partial charge in [0.2, 0.25) is 0 Å². The Morgan fingerprint density at radius 2 is 2.25 bits per heavy atom. The number of carboxylic acids is 1. The van der Waals surface area contributed by atoms with Crippen molar-refractivity contribution in [1.82, 2.24) is 4.98 Å². The Labute approximate surface area is 116 Å². The summed E-state index contributed by atoms with van der Waals surface area (Å²) >= 11 is 0. The lowest BCUT2D eigenvalue weighted by Crippen LogP contribution is -2.35. The van der Waals surface area contributed by atoms with Crippen LogP contribution in [0.3, 0.4) is 0 Å². The maximum atomic E-state index is 11.4. The van der Waals surface area contributed by atoms with Crippen LogP contribution in [-0.2, 0) is 4.79 Å². The van der Waals surface area contributed by atoms with E-state index >= 15 is 0 Å². The Bertz CT molecular complexity index is 657. The Kier molecular flexibility index (Phi) is 3.18. The molecule has 1 saturated heterocycles. The molecule has 5 nitrogen and oxygen atoms in total. The second kappa shape index (κ2) is 5.00. The molecule has 1 aromatic heterocycles. The fourth-order valence-electron chi connectivity index (χ4n) is 2.89. The normalized spacial score (nSPS) is 18.4. The monoisotopic (exact) mass is 272 g/mol. The molecular weight excluding hydrogens is 256 g/mol. The number of methoxy groups -OCH3 is 1. The molecule has 3 rings (SSSR count). The number of hydrogen-bond acceptors (Lipinski definition) is 4. The minimum atomic E-state index is -0.768. The van der Waals surface area contributed by atoms with Crippen LogP contribution in [0.15, 0.2) is 30.6 Å². The fourth-order valence-corrected chi connectivity index (χ4v) is 2.89. The van der Waals surface area contributed by atoms with Crippen LogP contribution < -0.4 is 9.64 Å². The first-order valence-corrected chi connectivity index (χ1v) is 6.62. The Morgan fingerprint density at radius 3 is 3.00 bits per heavy atom. The molecular formula is C15H16N2O3. The number of benzene rings is 1. The molecule has 1 aromatic carbocycles. The second-order valence-electron chi connectivity index (χ2n) is 4.90. The highest BCUT2D eigenvalue weighted by Crippen LogP contribution is 2.36. The molecule has 1 atom stereocenters. The summed E-state index contributed by atoms with van der Waals surface area (Å²) in [6.45, 7) is 0.757. The van der Waals surface area contributed by atoms with Crippen LogP contribution in [0.5, 0.6) is 5.75 Å². The van der Waals surface area contributed by atoms with Gasteiger partial charge in [0.1, 0.15) is 11.8 Å². The van der Waals surface area contributed by atoms with Gasteiger partial charge >= 0.3 is 5.97 Å². The lowest BCUT2D eigenvalue weighted by Gasteiger charge is -2.25. The van der Waals surface area contributed by atoms with Gasteiger partial charge in [-0.3, -0.25) is 4.98 Å². The van der Waals surface area contributed by atoms with Gasteiger partial charge in [-0.05, 0) is 31.0 Å². The summed E-state index contributed by atoms with van der Waals surface area (Å²) in [5, 5.41) is 11.2. The molecule has 5 heteroatoms. The highest BCUT2D eigenvalue weighted by atomic mass is 16.5. The van der Waals surface area contributed by atoms with Gasteiger partial charge in [-0.1, -0.05) is 0 Å². The SMILES string of the molecule is COc1ccc(N2CCCC2C(=O)O)c2cnccc12. The summed E-state index contributed by atoms with van der Waals surface area (Å²) in [5.74, 6) is 0.00702. The van der Waals surface area contributed by atoms with E-state index in [1.807, 2.05) is 23.1 Å². The predicted octanol–water partition coefficient (Wildman–Crippen LogP) is 2.30. The first-order chi connectivity index (χ1) is 9.72. The van der Waals surface area contributed by atoms with Crippen LogP contribution in [0.4, 0.5) is 5.69 Å². The lowest BCUT2D eigenvalue weighted by molar-refractivity contribution is -0.138. The molecule has 20 heavy (non-hydrogen) atoms. The molecule has 0 aliphatic carbocycles. The average Bonchev–Trinajstić information content (AvgIpc) is 2.95. The first-order valence-electron chi connectivity index (χ1n) is 6.62. The highest BCUT2D eigenvalue weighted by Gasteiger charge is 2.31. The van der Waals surface area contributed by atoms with E-state index in [9.17, 15) is 9.90 Å². The number of fused-ring (bicyclic) bond motifs is 1. The molecule has 0 amide bonds. The van der Waals surface area contributed by atoms with Crippen molar-refractivity contribution >= 4 is 22.4 Å². The minimum Gasteiger partial charge on any atom is -0.496 e. The van der Waals surface area contributed by atoms with Crippen molar-refractivity contribution in [2.45, 2.75) is 18.9 Å². The van der Waals surface area contributed by atoms with Crippen molar-refractivity contribution in [2.75, 3.05) is 18.6 Å². The Balaban J connectivity index is 2.15. The van der Waals surface area contributed by atoms with E-state index < -0.39 is 12.0 Å². The molecule has 0 bridgehead atoms. The van der Waals surface area contributed by atoms with Crippen molar-refractivity contribution in [3.63, 3.8) is 0 Å². The first kappa shape index (κ1) is 12.7. The van der Waals surface area contributed by atoms with Gasteiger partial charge in [0.25, 0.3) is 0 Å². The van der Waals surface area contributed by atoms with Gasteiger partial charge in [0.15, 0.2) is 0 Å². The molecule has 2 heterocycles. The summed E-state index contributed by atoms with van der Waals surface area (Å²) in [6.07, 6.45) is 5.06. The van der Waals surface area contributed by atoms with Crippen molar-refractivity contribution in [1.29, 1.82) is 0 Å². The molecule has 0 spiro atoms. The molecule has 0 saturated carbocycles. The van der Waals surface area contributed by atoms with E-state index in [-0.39, 0.29) is 0 Å². The van der Waals surface area contributed by atoms with Crippen LogP contribution in [-0.4, -0.2) is 35.8 Å². The van der Waals surface area contributed by atoms with E-state index in [0.29, 0.717) is 6.42 Å². The third-order valence-corrected chi connectivity index (χ3v) is 3.82. The number of hydrogen-bond donors (Lipinski definition) is 1. The molecule has 1 aliphatic heterocycles. The molecule has 1 fully saturated rings. The quantitative estimate of drug-likeness (QED) is 0.928. The van der Waals surface area contributed by atoms with Crippen molar-refractivity contribution in [3.8, 4) is 5.75 Å². The highest BCUT2D eigenvalue weighted by molar-refractivity contribution is 5.99. The lowest BCUT2D eigenvalue weighted by atomic mass is 10.1. The third-order valence-electron chi connectivity index (χ3n) is 3.82. The maximum Gasteiger partial charge on any atom is 0.326 e. The predicted molar refractivity (Wildman–Crippen MR) is 76.3 cm³/mol. The zero-order chi connectivity index (χ0) is 14.1. The van der Waals surface area contributed by atoms with Gasteiger partial charge in [-0.15, -0.1) is 0 Å². The summed E-state index contributed by atoms with van der Waals surface area (Å²) < 4.78 is 5.36. The van der Waals surface area contributed by atoms with Crippen LogP contribution in [0, 0.1) is 0 Å². The smallest absolute Gasteiger partial charge is 0.326 e. The second-order valence-corrected chi connectivity index (χ2v) is 4.90. The number of carbonyl (C=O) groups is 1. The van der Waals surface area contributed by atoms with Crippen molar-refractivity contribution in [2.24, 2.45) is 0 Å². The molecule has 1 aliphatic rings.